The lowest BCUT2D eigenvalue weighted by molar-refractivity contribution is -0.123. The van der Waals surface area contributed by atoms with E-state index >= 15 is 0 Å². The van der Waals surface area contributed by atoms with Gasteiger partial charge in [0.1, 0.15) is 19.0 Å². The van der Waals surface area contributed by atoms with Crippen molar-refractivity contribution in [2.24, 2.45) is 5.73 Å². The standard InChI is InChI=1S/C19H19ClN2O5/c1-11(12-2-4-16-17(8-12)26-7-6-25-16)22-18(23)10-27-15-5-3-13(20)9-14(15)19(21)24/h2-5,8-9,11H,6-7,10H2,1H3,(H2,21,24)(H,22,23)/t11-/m1/s1. The van der Waals surface area contributed by atoms with Gasteiger partial charge in [0.2, 0.25) is 0 Å². The Kier molecular flexibility index (Phi) is 5.71. The lowest BCUT2D eigenvalue weighted by Crippen LogP contribution is -2.31. The van der Waals surface area contributed by atoms with Crippen LogP contribution < -0.4 is 25.3 Å². The van der Waals surface area contributed by atoms with Gasteiger partial charge in [0.15, 0.2) is 18.1 Å². The van der Waals surface area contributed by atoms with Crippen LogP contribution in [0.4, 0.5) is 0 Å². The fourth-order valence-corrected chi connectivity index (χ4v) is 2.83. The molecule has 27 heavy (non-hydrogen) atoms. The fourth-order valence-electron chi connectivity index (χ4n) is 2.66. The van der Waals surface area contributed by atoms with Gasteiger partial charge in [0.05, 0.1) is 11.6 Å². The van der Waals surface area contributed by atoms with Crippen LogP contribution in [-0.2, 0) is 4.79 Å². The summed E-state index contributed by atoms with van der Waals surface area (Å²) < 4.78 is 16.5. The van der Waals surface area contributed by atoms with Gasteiger partial charge in [-0.05, 0) is 42.8 Å². The minimum absolute atomic E-state index is 0.121. The molecule has 2 aromatic rings. The molecule has 0 radical (unpaired) electrons. The van der Waals surface area contributed by atoms with Gasteiger partial charge in [-0.1, -0.05) is 17.7 Å². The van der Waals surface area contributed by atoms with Crippen LogP contribution in [0.15, 0.2) is 36.4 Å². The minimum atomic E-state index is -0.683. The molecule has 142 valence electrons. The van der Waals surface area contributed by atoms with Crippen molar-refractivity contribution < 1.29 is 23.8 Å². The molecule has 1 heterocycles. The highest BCUT2D eigenvalue weighted by molar-refractivity contribution is 6.31. The summed E-state index contributed by atoms with van der Waals surface area (Å²) in [5.41, 5.74) is 6.29. The Morgan fingerprint density at radius 2 is 1.93 bits per heavy atom. The molecule has 1 aliphatic rings. The van der Waals surface area contributed by atoms with E-state index < -0.39 is 5.91 Å². The SMILES string of the molecule is C[C@@H](NC(=O)COc1ccc(Cl)cc1C(N)=O)c1ccc2c(c1)OCCO2. The number of hydrogen-bond donors (Lipinski definition) is 2. The van der Waals surface area contributed by atoms with Gasteiger partial charge in [-0.3, -0.25) is 9.59 Å². The van der Waals surface area contributed by atoms with Crippen LogP contribution in [0, 0.1) is 0 Å². The second-order valence-corrected chi connectivity index (χ2v) is 6.42. The molecule has 2 amide bonds. The lowest BCUT2D eigenvalue weighted by Gasteiger charge is -2.21. The Balaban J connectivity index is 1.60. The fraction of sp³-hybridized carbons (Fsp3) is 0.263. The maximum atomic E-state index is 12.2. The molecule has 3 N–H and O–H groups in total. The Bertz CT molecular complexity index is 871. The van der Waals surface area contributed by atoms with Crippen LogP contribution in [0.3, 0.4) is 0 Å². The second-order valence-electron chi connectivity index (χ2n) is 5.99. The summed E-state index contributed by atoms with van der Waals surface area (Å²) in [6, 6.07) is 9.70. The highest BCUT2D eigenvalue weighted by Crippen LogP contribution is 2.32. The summed E-state index contributed by atoms with van der Waals surface area (Å²) in [5, 5.41) is 3.19. The number of primary amides is 1. The van der Waals surface area contributed by atoms with Gasteiger partial charge >= 0.3 is 0 Å². The summed E-state index contributed by atoms with van der Waals surface area (Å²) in [5.74, 6) is 0.520. The van der Waals surface area contributed by atoms with Crippen molar-refractivity contribution in [2.75, 3.05) is 19.8 Å². The summed E-state index contributed by atoms with van der Waals surface area (Å²) in [4.78, 5) is 23.7. The summed E-state index contributed by atoms with van der Waals surface area (Å²) in [7, 11) is 0. The molecule has 0 saturated heterocycles. The maximum absolute atomic E-state index is 12.2. The van der Waals surface area contributed by atoms with Crippen LogP contribution in [0.25, 0.3) is 0 Å². The highest BCUT2D eigenvalue weighted by Gasteiger charge is 2.17. The molecule has 2 aromatic carbocycles. The van der Waals surface area contributed by atoms with Crippen molar-refractivity contribution in [1.29, 1.82) is 0 Å². The zero-order chi connectivity index (χ0) is 19.4. The van der Waals surface area contributed by atoms with E-state index in [-0.39, 0.29) is 29.9 Å². The average Bonchev–Trinajstić information content (AvgIpc) is 2.66. The van der Waals surface area contributed by atoms with Crippen LogP contribution >= 0.6 is 11.6 Å². The molecule has 0 bridgehead atoms. The number of ether oxygens (including phenoxy) is 3. The number of hydrogen-bond acceptors (Lipinski definition) is 5. The second kappa shape index (κ2) is 8.18. The zero-order valence-electron chi connectivity index (χ0n) is 14.7. The highest BCUT2D eigenvalue weighted by atomic mass is 35.5. The predicted octanol–water partition coefficient (Wildman–Crippen LogP) is 2.47. The number of carbonyl (C=O) groups is 2. The van der Waals surface area contributed by atoms with Gasteiger partial charge in [-0.25, -0.2) is 0 Å². The number of rotatable bonds is 6. The van der Waals surface area contributed by atoms with E-state index in [9.17, 15) is 9.59 Å². The summed E-state index contributed by atoms with van der Waals surface area (Å²) >= 11 is 5.85. The molecule has 1 atom stereocenters. The van der Waals surface area contributed by atoms with E-state index in [2.05, 4.69) is 5.32 Å². The van der Waals surface area contributed by atoms with Gasteiger partial charge in [0, 0.05) is 5.02 Å². The first-order chi connectivity index (χ1) is 12.9. The third-order valence-corrected chi connectivity index (χ3v) is 4.24. The molecule has 0 fully saturated rings. The topological polar surface area (TPSA) is 99.9 Å². The van der Waals surface area contributed by atoms with Gasteiger partial charge in [-0.15, -0.1) is 0 Å². The molecule has 0 saturated carbocycles. The van der Waals surface area contributed by atoms with Crippen molar-refractivity contribution in [3.8, 4) is 17.2 Å². The number of nitrogens with two attached hydrogens (primary N) is 1. The van der Waals surface area contributed by atoms with Crippen molar-refractivity contribution in [2.45, 2.75) is 13.0 Å². The van der Waals surface area contributed by atoms with Crippen LogP contribution in [0.1, 0.15) is 28.9 Å². The van der Waals surface area contributed by atoms with E-state index in [1.165, 1.54) is 12.1 Å². The van der Waals surface area contributed by atoms with E-state index in [1.54, 1.807) is 6.07 Å². The predicted molar refractivity (Wildman–Crippen MR) is 99.5 cm³/mol. The van der Waals surface area contributed by atoms with Crippen molar-refractivity contribution in [1.82, 2.24) is 5.32 Å². The molecule has 0 spiro atoms. The molecule has 1 aliphatic heterocycles. The van der Waals surface area contributed by atoms with Gasteiger partial charge in [-0.2, -0.15) is 0 Å². The van der Waals surface area contributed by atoms with E-state index in [0.29, 0.717) is 29.7 Å². The minimum Gasteiger partial charge on any atom is -0.486 e. The van der Waals surface area contributed by atoms with Crippen molar-refractivity contribution >= 4 is 23.4 Å². The molecule has 7 nitrogen and oxygen atoms in total. The van der Waals surface area contributed by atoms with Crippen LogP contribution in [0.5, 0.6) is 17.2 Å². The molecule has 0 aromatic heterocycles. The van der Waals surface area contributed by atoms with Crippen molar-refractivity contribution in [3.63, 3.8) is 0 Å². The monoisotopic (exact) mass is 390 g/mol. The number of fused-ring (bicyclic) bond motifs is 1. The summed E-state index contributed by atoms with van der Waals surface area (Å²) in [6.45, 7) is 2.60. The average molecular weight is 391 g/mol. The first-order valence-corrected chi connectivity index (χ1v) is 8.73. The quantitative estimate of drug-likeness (QED) is 0.789. The van der Waals surface area contributed by atoms with Crippen LogP contribution in [-0.4, -0.2) is 31.6 Å². The molecular weight excluding hydrogens is 372 g/mol. The smallest absolute Gasteiger partial charge is 0.258 e. The Morgan fingerprint density at radius 1 is 1.19 bits per heavy atom. The van der Waals surface area contributed by atoms with Gasteiger partial charge < -0.3 is 25.3 Å². The lowest BCUT2D eigenvalue weighted by atomic mass is 10.1. The molecule has 0 aliphatic carbocycles. The molecule has 3 rings (SSSR count). The van der Waals surface area contributed by atoms with Crippen molar-refractivity contribution in [3.05, 3.63) is 52.5 Å². The number of amides is 2. The van der Waals surface area contributed by atoms with E-state index in [0.717, 1.165) is 5.56 Å². The number of halogens is 1. The maximum Gasteiger partial charge on any atom is 0.258 e. The number of benzene rings is 2. The Morgan fingerprint density at radius 3 is 2.67 bits per heavy atom. The van der Waals surface area contributed by atoms with E-state index in [1.807, 2.05) is 25.1 Å². The van der Waals surface area contributed by atoms with Gasteiger partial charge in [0.25, 0.3) is 11.8 Å². The Hall–Kier alpha value is -2.93. The number of carbonyl (C=O) groups excluding carboxylic acids is 2. The largest absolute Gasteiger partial charge is 0.486 e. The summed E-state index contributed by atoms with van der Waals surface area (Å²) in [6.07, 6.45) is 0. The van der Waals surface area contributed by atoms with Crippen LogP contribution in [0.2, 0.25) is 5.02 Å². The third kappa shape index (κ3) is 4.62. The zero-order valence-corrected chi connectivity index (χ0v) is 15.4. The molecular formula is C19H19ClN2O5. The first kappa shape index (κ1) is 18.8. The Labute approximate surface area is 161 Å². The van der Waals surface area contributed by atoms with E-state index in [4.69, 9.17) is 31.5 Å². The normalized spacial score (nSPS) is 13.6. The first-order valence-electron chi connectivity index (χ1n) is 8.35. The number of nitrogens with one attached hydrogen (secondary N) is 1. The molecule has 0 unspecified atom stereocenters. The molecule has 8 heteroatoms. The third-order valence-electron chi connectivity index (χ3n) is 4.01.